The Morgan fingerprint density at radius 1 is 1.07 bits per heavy atom. The standard InChI is InChI=1S/C34H40BrN9O2/c1-5-32(45)37-27-9-7-6-8-25(27)28-12-15-44(40-28)33-26(35)22-36-34(39-33)38-29-20-23(2)30(21-31(29)46-4)43-13-10-24(11-14-43)42-18-16-41(3)17-19-42/h5-9,12,15,20-22,24H,1,10-11,13-14,16-19H2,2-4H3,(H,37,45)(H,36,38,39). The molecule has 2 N–H and O–H groups in total. The normalized spacial score (nSPS) is 16.3. The summed E-state index contributed by atoms with van der Waals surface area (Å²) in [6.45, 7) is 12.4. The summed E-state index contributed by atoms with van der Waals surface area (Å²) in [5.74, 6) is 1.42. The first-order valence-electron chi connectivity index (χ1n) is 15.6. The SMILES string of the molecule is C=CC(=O)Nc1ccccc1-c1ccn(-c2nc(Nc3cc(C)c(N4CCC(N5CCN(C)CC5)CC4)cc3OC)ncc2Br)n1. The summed E-state index contributed by atoms with van der Waals surface area (Å²) in [5.41, 5.74) is 5.26. The van der Waals surface area contributed by atoms with Gasteiger partial charge in [-0.3, -0.25) is 9.69 Å². The molecule has 2 aliphatic heterocycles. The number of carbonyl (C=O) groups is 1. The predicted octanol–water partition coefficient (Wildman–Crippen LogP) is 5.49. The number of amides is 1. The van der Waals surface area contributed by atoms with Crippen LogP contribution in [-0.2, 0) is 4.79 Å². The van der Waals surface area contributed by atoms with Crippen LogP contribution in [0.15, 0.2) is 72.0 Å². The van der Waals surface area contributed by atoms with Crippen LogP contribution in [0.5, 0.6) is 5.75 Å². The Hall–Kier alpha value is -4.26. The number of ether oxygens (including phenoxy) is 1. The number of hydrogen-bond acceptors (Lipinski definition) is 9. The van der Waals surface area contributed by atoms with E-state index in [9.17, 15) is 4.79 Å². The number of piperazine rings is 1. The third-order valence-corrected chi connectivity index (χ3v) is 9.36. The number of halogens is 1. The largest absolute Gasteiger partial charge is 0.494 e. The number of likely N-dealkylation sites (N-methyl/N-ethyl adjacent to an activating group) is 1. The lowest BCUT2D eigenvalue weighted by molar-refractivity contribution is -0.111. The molecule has 12 heteroatoms. The quantitative estimate of drug-likeness (QED) is 0.221. The zero-order valence-corrected chi connectivity index (χ0v) is 28.1. The van der Waals surface area contributed by atoms with Gasteiger partial charge in [0.15, 0.2) is 5.82 Å². The van der Waals surface area contributed by atoms with Gasteiger partial charge in [0, 0.05) is 75.0 Å². The minimum Gasteiger partial charge on any atom is -0.494 e. The molecule has 0 radical (unpaired) electrons. The Labute approximate surface area is 278 Å². The lowest BCUT2D eigenvalue weighted by Crippen LogP contribution is -2.52. The van der Waals surface area contributed by atoms with Gasteiger partial charge in [-0.25, -0.2) is 9.67 Å². The fraction of sp³-hybridized carbons (Fsp3) is 0.353. The van der Waals surface area contributed by atoms with Crippen molar-refractivity contribution < 1.29 is 9.53 Å². The molecule has 11 nitrogen and oxygen atoms in total. The van der Waals surface area contributed by atoms with Gasteiger partial charge in [0.2, 0.25) is 11.9 Å². The molecule has 46 heavy (non-hydrogen) atoms. The van der Waals surface area contributed by atoms with Crippen molar-refractivity contribution in [3.8, 4) is 22.8 Å². The number of para-hydroxylation sites is 1. The molecule has 240 valence electrons. The Kier molecular flexibility index (Phi) is 9.67. The molecule has 2 fully saturated rings. The molecule has 0 unspecified atom stereocenters. The fourth-order valence-corrected chi connectivity index (χ4v) is 6.60. The van der Waals surface area contributed by atoms with Crippen molar-refractivity contribution in [3.63, 3.8) is 0 Å². The van der Waals surface area contributed by atoms with Gasteiger partial charge in [-0.1, -0.05) is 24.8 Å². The highest BCUT2D eigenvalue weighted by Gasteiger charge is 2.28. The number of hydrogen-bond donors (Lipinski definition) is 2. The number of carbonyl (C=O) groups excluding carboxylic acids is 1. The molecular weight excluding hydrogens is 646 g/mol. The van der Waals surface area contributed by atoms with Crippen LogP contribution < -0.4 is 20.3 Å². The topological polar surface area (TPSA) is 104 Å². The summed E-state index contributed by atoms with van der Waals surface area (Å²) >= 11 is 3.58. The number of methoxy groups -OCH3 is 1. The maximum atomic E-state index is 12.0. The molecule has 1 amide bonds. The molecule has 0 spiro atoms. The van der Waals surface area contributed by atoms with Crippen LogP contribution in [-0.4, -0.2) is 94.9 Å². The van der Waals surface area contributed by atoms with Gasteiger partial charge in [0.25, 0.3) is 0 Å². The number of anilines is 4. The van der Waals surface area contributed by atoms with E-state index in [1.807, 2.05) is 36.5 Å². The van der Waals surface area contributed by atoms with E-state index in [1.165, 1.54) is 37.7 Å². The van der Waals surface area contributed by atoms with Gasteiger partial charge in [0.1, 0.15) is 5.75 Å². The smallest absolute Gasteiger partial charge is 0.247 e. The summed E-state index contributed by atoms with van der Waals surface area (Å²) in [7, 11) is 3.90. The van der Waals surface area contributed by atoms with Crippen molar-refractivity contribution in [2.75, 3.05) is 69.0 Å². The van der Waals surface area contributed by atoms with Crippen LogP contribution in [0.2, 0.25) is 0 Å². The minimum absolute atomic E-state index is 0.286. The Bertz CT molecular complexity index is 1710. The summed E-state index contributed by atoms with van der Waals surface area (Å²) in [4.78, 5) is 28.8. The Morgan fingerprint density at radius 2 is 1.83 bits per heavy atom. The number of piperidine rings is 1. The van der Waals surface area contributed by atoms with Gasteiger partial charge in [-0.05, 0) is 72.6 Å². The first kappa shape index (κ1) is 31.7. The van der Waals surface area contributed by atoms with Crippen molar-refractivity contribution >= 4 is 44.8 Å². The van der Waals surface area contributed by atoms with Gasteiger partial charge in [-0.2, -0.15) is 10.1 Å². The summed E-state index contributed by atoms with van der Waals surface area (Å²) in [6.07, 6.45) is 7.10. The summed E-state index contributed by atoms with van der Waals surface area (Å²) in [6, 6.07) is 14.3. The van der Waals surface area contributed by atoms with Gasteiger partial charge >= 0.3 is 0 Å². The zero-order chi connectivity index (χ0) is 32.2. The maximum Gasteiger partial charge on any atom is 0.247 e. The van der Waals surface area contributed by atoms with E-state index in [2.05, 4.69) is 78.9 Å². The highest BCUT2D eigenvalue weighted by atomic mass is 79.9. The second kappa shape index (κ2) is 14.0. The molecule has 2 saturated heterocycles. The summed E-state index contributed by atoms with van der Waals surface area (Å²) < 4.78 is 8.20. The number of nitrogens with zero attached hydrogens (tertiary/aromatic N) is 7. The van der Waals surface area contributed by atoms with E-state index >= 15 is 0 Å². The van der Waals surface area contributed by atoms with Crippen LogP contribution >= 0.6 is 15.9 Å². The molecule has 0 atom stereocenters. The molecule has 2 aromatic heterocycles. The van der Waals surface area contributed by atoms with Crippen molar-refractivity contribution in [3.05, 3.63) is 77.5 Å². The number of nitrogens with one attached hydrogen (secondary N) is 2. The monoisotopic (exact) mass is 685 g/mol. The first-order chi connectivity index (χ1) is 22.3. The van der Waals surface area contributed by atoms with Crippen LogP contribution in [0.1, 0.15) is 18.4 Å². The van der Waals surface area contributed by atoms with Crippen LogP contribution in [0.25, 0.3) is 17.1 Å². The molecule has 4 aromatic rings. The molecule has 0 aliphatic carbocycles. The highest BCUT2D eigenvalue weighted by molar-refractivity contribution is 9.10. The number of aromatic nitrogens is 4. The van der Waals surface area contributed by atoms with Crippen LogP contribution in [0.3, 0.4) is 0 Å². The van der Waals surface area contributed by atoms with E-state index in [0.717, 1.165) is 48.7 Å². The lowest BCUT2D eigenvalue weighted by atomic mass is 10.0. The molecular formula is C34H40BrN9O2. The van der Waals surface area contributed by atoms with Gasteiger partial charge < -0.3 is 25.2 Å². The Morgan fingerprint density at radius 3 is 2.57 bits per heavy atom. The third kappa shape index (κ3) is 6.93. The predicted molar refractivity (Wildman–Crippen MR) is 186 cm³/mol. The average molecular weight is 687 g/mol. The van der Waals surface area contributed by atoms with E-state index in [-0.39, 0.29) is 5.91 Å². The Balaban J connectivity index is 1.18. The van der Waals surface area contributed by atoms with Crippen molar-refractivity contribution in [2.24, 2.45) is 0 Å². The number of benzene rings is 2. The third-order valence-electron chi connectivity index (χ3n) is 8.80. The molecule has 0 bridgehead atoms. The maximum absolute atomic E-state index is 12.0. The molecule has 2 aliphatic rings. The van der Waals surface area contributed by atoms with E-state index < -0.39 is 0 Å². The second-order valence-electron chi connectivity index (χ2n) is 11.8. The van der Waals surface area contributed by atoms with Crippen LogP contribution in [0.4, 0.5) is 23.0 Å². The van der Waals surface area contributed by atoms with E-state index in [1.54, 1.807) is 18.0 Å². The zero-order valence-electron chi connectivity index (χ0n) is 26.5. The van der Waals surface area contributed by atoms with Gasteiger partial charge in [0.05, 0.1) is 28.7 Å². The first-order valence-corrected chi connectivity index (χ1v) is 16.4. The molecule has 2 aromatic carbocycles. The number of rotatable bonds is 9. The summed E-state index contributed by atoms with van der Waals surface area (Å²) in [5, 5.41) is 11.0. The second-order valence-corrected chi connectivity index (χ2v) is 12.6. The van der Waals surface area contributed by atoms with E-state index in [4.69, 9.17) is 14.8 Å². The van der Waals surface area contributed by atoms with Gasteiger partial charge in [-0.15, -0.1) is 0 Å². The molecule has 0 saturated carbocycles. The van der Waals surface area contributed by atoms with Crippen molar-refractivity contribution in [2.45, 2.75) is 25.8 Å². The van der Waals surface area contributed by atoms with E-state index in [0.29, 0.717) is 33.7 Å². The molecule has 6 rings (SSSR count). The van der Waals surface area contributed by atoms with Crippen molar-refractivity contribution in [1.29, 1.82) is 0 Å². The fourth-order valence-electron chi connectivity index (χ4n) is 6.23. The van der Waals surface area contributed by atoms with Crippen molar-refractivity contribution in [1.82, 2.24) is 29.5 Å². The minimum atomic E-state index is -0.286. The molecule has 4 heterocycles. The van der Waals surface area contributed by atoms with Crippen LogP contribution in [0, 0.1) is 6.92 Å². The number of aryl methyl sites for hydroxylation is 1. The highest BCUT2D eigenvalue weighted by Crippen LogP contribution is 2.36. The average Bonchev–Trinajstić information content (AvgIpc) is 3.56. The lowest BCUT2D eigenvalue weighted by Gasteiger charge is -2.43.